The molecule has 6 rings (SSSR count). The molecule has 8 heteroatoms. The van der Waals surface area contributed by atoms with Crippen molar-refractivity contribution >= 4 is 68.9 Å². The Bertz CT molecular complexity index is 1520. The maximum atomic E-state index is 6.32. The summed E-state index contributed by atoms with van der Waals surface area (Å²) in [6.07, 6.45) is 0. The average molecular weight is 640 g/mol. The highest BCUT2D eigenvalue weighted by Crippen LogP contribution is 2.39. The molecule has 2 heterocycles. The van der Waals surface area contributed by atoms with Gasteiger partial charge in [0.15, 0.2) is 0 Å². The molecule has 5 nitrogen and oxygen atoms in total. The van der Waals surface area contributed by atoms with Crippen molar-refractivity contribution in [3.63, 3.8) is 0 Å². The molecule has 4 aromatic carbocycles. The van der Waals surface area contributed by atoms with Gasteiger partial charge in [0.1, 0.15) is 0 Å². The number of hydrogen-bond donors (Lipinski definition) is 0. The molecule has 4 aromatic rings. The highest BCUT2D eigenvalue weighted by molar-refractivity contribution is 9.08. The van der Waals surface area contributed by atoms with Crippen LogP contribution in [0.3, 0.4) is 0 Å². The van der Waals surface area contributed by atoms with E-state index in [1.807, 2.05) is 0 Å². The molecule has 0 saturated carbocycles. The van der Waals surface area contributed by atoms with E-state index < -0.39 is 14.2 Å². The number of alkyl halides is 1. The molecule has 0 N–H and O–H groups in total. The molecule has 0 aromatic heterocycles. The molecule has 222 valence electrons. The van der Waals surface area contributed by atoms with Crippen molar-refractivity contribution in [2.45, 2.75) is 83.1 Å². The van der Waals surface area contributed by atoms with Crippen LogP contribution in [-0.4, -0.2) is 36.6 Å². The van der Waals surface area contributed by atoms with Crippen molar-refractivity contribution in [2.75, 3.05) is 4.90 Å². The summed E-state index contributed by atoms with van der Waals surface area (Å²) in [4.78, 5) is 2.28. The first-order chi connectivity index (χ1) is 20.2. The van der Waals surface area contributed by atoms with Crippen molar-refractivity contribution in [1.82, 2.24) is 0 Å². The Labute approximate surface area is 265 Å². The summed E-state index contributed by atoms with van der Waals surface area (Å²) in [6.45, 7) is 16.6. The van der Waals surface area contributed by atoms with Gasteiger partial charge in [-0.05, 0) is 119 Å². The van der Waals surface area contributed by atoms with Gasteiger partial charge in [-0.25, -0.2) is 0 Å². The molecule has 0 bridgehead atoms. The van der Waals surface area contributed by atoms with Crippen molar-refractivity contribution in [2.24, 2.45) is 0 Å². The zero-order chi connectivity index (χ0) is 30.8. The van der Waals surface area contributed by atoms with Crippen LogP contribution in [0.5, 0.6) is 0 Å². The summed E-state index contributed by atoms with van der Waals surface area (Å²) in [6, 6.07) is 30.2. The summed E-state index contributed by atoms with van der Waals surface area (Å²) in [5.41, 5.74) is 4.85. The van der Waals surface area contributed by atoms with Gasteiger partial charge < -0.3 is 23.5 Å². The Morgan fingerprint density at radius 3 is 1.33 bits per heavy atom. The molecular weight excluding hydrogens is 600 g/mol. The van der Waals surface area contributed by atoms with Crippen LogP contribution < -0.4 is 15.8 Å². The van der Waals surface area contributed by atoms with Gasteiger partial charge in [-0.2, -0.15) is 0 Å². The Kier molecular flexibility index (Phi) is 7.62. The molecule has 2 saturated heterocycles. The number of benzene rings is 4. The highest BCUT2D eigenvalue weighted by atomic mass is 79.9. The average Bonchev–Trinajstić information content (AvgIpc) is 3.32. The minimum absolute atomic E-state index is 0.389. The lowest BCUT2D eigenvalue weighted by molar-refractivity contribution is 0.00578. The Hall–Kier alpha value is -2.61. The van der Waals surface area contributed by atoms with Crippen molar-refractivity contribution in [1.29, 1.82) is 0 Å². The largest absolute Gasteiger partial charge is 0.494 e. The highest BCUT2D eigenvalue weighted by Gasteiger charge is 2.52. The van der Waals surface area contributed by atoms with E-state index in [-0.39, 0.29) is 22.4 Å². The minimum Gasteiger partial charge on any atom is -0.399 e. The predicted octanol–water partition coefficient (Wildman–Crippen LogP) is 7.80. The molecular formula is C35H40B2BrNO4. The standard InChI is InChI=1S/C35H40B2BrNO4/c1-32(2)33(3,4)41-36(40-32)27-12-17-29(18-13-27)39(31-16-11-25-10-9-24(23-38)21-26(25)22-31)30-19-14-28(15-20-30)37-42-34(5,6)35(7,8)43-37/h9-22H,23H2,1-8H3. The van der Waals surface area contributed by atoms with E-state index >= 15 is 0 Å². The second kappa shape index (κ2) is 10.8. The van der Waals surface area contributed by atoms with Gasteiger partial charge in [0.2, 0.25) is 0 Å². The molecule has 0 unspecified atom stereocenters. The van der Waals surface area contributed by atoms with E-state index in [1.165, 1.54) is 16.3 Å². The van der Waals surface area contributed by atoms with Gasteiger partial charge in [-0.1, -0.05) is 64.5 Å². The quantitative estimate of drug-likeness (QED) is 0.159. The lowest BCUT2D eigenvalue weighted by atomic mass is 9.79. The van der Waals surface area contributed by atoms with Crippen LogP contribution in [0, 0.1) is 0 Å². The SMILES string of the molecule is CC1(C)OB(c2ccc(N(c3ccc(B4OC(C)(C)C(C)(C)O4)cc3)c3ccc4ccc(CBr)cc4c3)cc2)OC1(C)C. The monoisotopic (exact) mass is 639 g/mol. The van der Waals surface area contributed by atoms with Crippen LogP contribution in [0.4, 0.5) is 17.1 Å². The van der Waals surface area contributed by atoms with Crippen LogP contribution in [-0.2, 0) is 23.9 Å². The fourth-order valence-corrected chi connectivity index (χ4v) is 5.82. The predicted molar refractivity (Wildman–Crippen MR) is 183 cm³/mol. The Balaban J connectivity index is 1.37. The van der Waals surface area contributed by atoms with E-state index in [4.69, 9.17) is 18.6 Å². The third kappa shape index (κ3) is 5.57. The van der Waals surface area contributed by atoms with Gasteiger partial charge in [0.05, 0.1) is 22.4 Å². The molecule has 2 aliphatic rings. The Morgan fingerprint density at radius 2 is 0.907 bits per heavy atom. The van der Waals surface area contributed by atoms with Crippen LogP contribution in [0.2, 0.25) is 0 Å². The Morgan fingerprint density at radius 1 is 0.512 bits per heavy atom. The van der Waals surface area contributed by atoms with Crippen LogP contribution in [0.1, 0.15) is 61.0 Å². The van der Waals surface area contributed by atoms with E-state index in [0.29, 0.717) is 0 Å². The van der Waals surface area contributed by atoms with E-state index in [1.54, 1.807) is 0 Å². The molecule has 0 aliphatic carbocycles. The summed E-state index contributed by atoms with van der Waals surface area (Å²) >= 11 is 3.61. The lowest BCUT2D eigenvalue weighted by Gasteiger charge is -2.32. The van der Waals surface area contributed by atoms with Gasteiger partial charge in [0, 0.05) is 22.4 Å². The fraction of sp³-hybridized carbons (Fsp3) is 0.371. The number of nitrogens with zero attached hydrogens (tertiary/aromatic N) is 1. The lowest BCUT2D eigenvalue weighted by Crippen LogP contribution is -2.41. The van der Waals surface area contributed by atoms with Gasteiger partial charge in [0.25, 0.3) is 0 Å². The minimum atomic E-state index is -0.407. The third-order valence-electron chi connectivity index (χ3n) is 9.65. The molecule has 0 amide bonds. The number of hydrogen-bond acceptors (Lipinski definition) is 5. The topological polar surface area (TPSA) is 40.2 Å². The first-order valence-electron chi connectivity index (χ1n) is 15.0. The van der Waals surface area contributed by atoms with Gasteiger partial charge in [-0.15, -0.1) is 0 Å². The number of anilines is 3. The maximum Gasteiger partial charge on any atom is 0.494 e. The first-order valence-corrected chi connectivity index (χ1v) is 16.1. The molecule has 0 atom stereocenters. The maximum absolute atomic E-state index is 6.32. The van der Waals surface area contributed by atoms with Crippen LogP contribution >= 0.6 is 15.9 Å². The van der Waals surface area contributed by atoms with Gasteiger partial charge >= 0.3 is 14.2 Å². The van der Waals surface area contributed by atoms with Crippen molar-refractivity contribution < 1.29 is 18.6 Å². The van der Waals surface area contributed by atoms with Crippen molar-refractivity contribution in [3.8, 4) is 0 Å². The molecule has 2 fully saturated rings. The van der Waals surface area contributed by atoms with Gasteiger partial charge in [-0.3, -0.25) is 0 Å². The smallest absolute Gasteiger partial charge is 0.399 e. The second-order valence-corrected chi connectivity index (χ2v) is 14.3. The van der Waals surface area contributed by atoms with E-state index in [9.17, 15) is 0 Å². The zero-order valence-electron chi connectivity index (χ0n) is 26.4. The molecule has 2 aliphatic heterocycles. The number of halogens is 1. The number of rotatable bonds is 6. The van der Waals surface area contributed by atoms with E-state index in [2.05, 4.69) is 161 Å². The van der Waals surface area contributed by atoms with Crippen molar-refractivity contribution in [3.05, 3.63) is 90.5 Å². The molecule has 0 radical (unpaired) electrons. The number of fused-ring (bicyclic) bond motifs is 1. The fourth-order valence-electron chi connectivity index (χ4n) is 5.47. The van der Waals surface area contributed by atoms with Crippen LogP contribution in [0.15, 0.2) is 84.9 Å². The first kappa shape index (κ1) is 30.4. The van der Waals surface area contributed by atoms with Crippen LogP contribution in [0.25, 0.3) is 10.8 Å². The summed E-state index contributed by atoms with van der Waals surface area (Å²) < 4.78 is 25.3. The van der Waals surface area contributed by atoms with E-state index in [0.717, 1.165) is 33.3 Å². The molecule has 43 heavy (non-hydrogen) atoms. The zero-order valence-corrected chi connectivity index (χ0v) is 28.0. The summed E-state index contributed by atoms with van der Waals surface area (Å²) in [5, 5.41) is 3.22. The second-order valence-electron chi connectivity index (χ2n) is 13.7. The normalized spacial score (nSPS) is 20.1. The summed E-state index contributed by atoms with van der Waals surface area (Å²) in [7, 11) is -0.815. The third-order valence-corrected chi connectivity index (χ3v) is 10.3. The molecule has 0 spiro atoms. The summed E-state index contributed by atoms with van der Waals surface area (Å²) in [5.74, 6) is 0.